The van der Waals surface area contributed by atoms with E-state index in [9.17, 15) is 0 Å². The van der Waals surface area contributed by atoms with E-state index in [2.05, 4.69) is 60.3 Å². The molecule has 0 aromatic heterocycles. The number of guanidine groups is 1. The van der Waals surface area contributed by atoms with Crippen LogP contribution < -0.4 is 10.6 Å². The standard InChI is InChI=1S/C15H23N3.HI/c1-4-11-17-15(16-6-3)18-12-14-10-8-7-9-13(14)5-2;/h4,7-10H,1,5-6,11-12H2,2-3H3,(H2,16,17,18);1H. The molecule has 0 aliphatic rings. The van der Waals surface area contributed by atoms with Crippen molar-refractivity contribution >= 4 is 29.9 Å². The van der Waals surface area contributed by atoms with Crippen molar-refractivity contribution in [2.24, 2.45) is 4.99 Å². The molecule has 2 N–H and O–H groups in total. The number of nitrogens with zero attached hydrogens (tertiary/aromatic N) is 1. The molecule has 19 heavy (non-hydrogen) atoms. The van der Waals surface area contributed by atoms with Gasteiger partial charge >= 0.3 is 0 Å². The lowest BCUT2D eigenvalue weighted by Crippen LogP contribution is -2.37. The third-order valence-electron chi connectivity index (χ3n) is 2.66. The van der Waals surface area contributed by atoms with Gasteiger partial charge in [-0.3, -0.25) is 0 Å². The second-order valence-corrected chi connectivity index (χ2v) is 3.99. The van der Waals surface area contributed by atoms with Gasteiger partial charge in [0.2, 0.25) is 0 Å². The quantitative estimate of drug-likeness (QED) is 0.348. The highest BCUT2D eigenvalue weighted by Crippen LogP contribution is 2.10. The highest BCUT2D eigenvalue weighted by Gasteiger charge is 2.00. The molecular formula is C15H24IN3. The Labute approximate surface area is 133 Å². The van der Waals surface area contributed by atoms with Gasteiger partial charge in [0.1, 0.15) is 0 Å². The van der Waals surface area contributed by atoms with E-state index in [0.29, 0.717) is 6.54 Å². The van der Waals surface area contributed by atoms with Crippen LogP contribution in [-0.2, 0) is 13.0 Å². The van der Waals surface area contributed by atoms with E-state index < -0.39 is 0 Å². The number of aliphatic imine (C=N–C) groups is 1. The van der Waals surface area contributed by atoms with Gasteiger partial charge in [0.25, 0.3) is 0 Å². The van der Waals surface area contributed by atoms with Crippen LogP contribution in [0.1, 0.15) is 25.0 Å². The zero-order valence-electron chi connectivity index (χ0n) is 11.8. The minimum atomic E-state index is 0. The van der Waals surface area contributed by atoms with Gasteiger partial charge in [-0.25, -0.2) is 4.99 Å². The maximum Gasteiger partial charge on any atom is 0.191 e. The molecule has 0 saturated heterocycles. The van der Waals surface area contributed by atoms with Gasteiger partial charge in [-0.1, -0.05) is 37.3 Å². The molecule has 0 bridgehead atoms. The predicted molar refractivity (Wildman–Crippen MR) is 94.3 cm³/mol. The lowest BCUT2D eigenvalue weighted by atomic mass is 10.1. The monoisotopic (exact) mass is 373 g/mol. The Hall–Kier alpha value is -1.04. The zero-order chi connectivity index (χ0) is 13.2. The second kappa shape index (κ2) is 10.8. The largest absolute Gasteiger partial charge is 0.357 e. The van der Waals surface area contributed by atoms with Crippen molar-refractivity contribution in [2.45, 2.75) is 26.8 Å². The molecule has 0 atom stereocenters. The van der Waals surface area contributed by atoms with Crippen molar-refractivity contribution in [3.05, 3.63) is 48.0 Å². The summed E-state index contributed by atoms with van der Waals surface area (Å²) in [7, 11) is 0. The highest BCUT2D eigenvalue weighted by molar-refractivity contribution is 14.0. The molecule has 106 valence electrons. The third-order valence-corrected chi connectivity index (χ3v) is 2.66. The highest BCUT2D eigenvalue weighted by atomic mass is 127. The van der Waals surface area contributed by atoms with Crippen LogP contribution in [0.25, 0.3) is 0 Å². The summed E-state index contributed by atoms with van der Waals surface area (Å²) in [5.74, 6) is 0.836. The summed E-state index contributed by atoms with van der Waals surface area (Å²) in [5.41, 5.74) is 2.65. The normalized spacial score (nSPS) is 10.5. The molecule has 0 saturated carbocycles. The number of aryl methyl sites for hydroxylation is 1. The van der Waals surface area contributed by atoms with Gasteiger partial charge < -0.3 is 10.6 Å². The SMILES string of the molecule is C=CCNC(=NCc1ccccc1CC)NCC.I. The van der Waals surface area contributed by atoms with Crippen molar-refractivity contribution in [1.82, 2.24) is 10.6 Å². The van der Waals surface area contributed by atoms with Crippen molar-refractivity contribution in [2.75, 3.05) is 13.1 Å². The Balaban J connectivity index is 0.00000324. The van der Waals surface area contributed by atoms with Crippen LogP contribution in [-0.4, -0.2) is 19.0 Å². The maximum atomic E-state index is 4.58. The Morgan fingerprint density at radius 2 is 1.89 bits per heavy atom. The van der Waals surface area contributed by atoms with Crippen molar-refractivity contribution in [3.63, 3.8) is 0 Å². The number of hydrogen-bond acceptors (Lipinski definition) is 1. The van der Waals surface area contributed by atoms with Crippen LogP contribution in [0, 0.1) is 0 Å². The zero-order valence-corrected chi connectivity index (χ0v) is 14.1. The minimum Gasteiger partial charge on any atom is -0.357 e. The Morgan fingerprint density at radius 1 is 1.21 bits per heavy atom. The number of nitrogens with one attached hydrogen (secondary N) is 2. The molecule has 4 heteroatoms. The van der Waals surface area contributed by atoms with E-state index in [-0.39, 0.29) is 24.0 Å². The van der Waals surface area contributed by atoms with Gasteiger partial charge in [-0.15, -0.1) is 30.6 Å². The molecule has 3 nitrogen and oxygen atoms in total. The fraction of sp³-hybridized carbons (Fsp3) is 0.400. The first-order valence-electron chi connectivity index (χ1n) is 6.51. The summed E-state index contributed by atoms with van der Waals surface area (Å²) in [5, 5.41) is 6.42. The first-order valence-corrected chi connectivity index (χ1v) is 6.51. The molecule has 1 aromatic carbocycles. The molecule has 0 amide bonds. The van der Waals surface area contributed by atoms with Crippen molar-refractivity contribution in [1.29, 1.82) is 0 Å². The average molecular weight is 373 g/mol. The number of benzene rings is 1. The Morgan fingerprint density at radius 3 is 2.47 bits per heavy atom. The average Bonchev–Trinajstić information content (AvgIpc) is 2.42. The molecule has 0 spiro atoms. The lowest BCUT2D eigenvalue weighted by molar-refractivity contribution is 0.857. The number of rotatable bonds is 6. The van der Waals surface area contributed by atoms with E-state index >= 15 is 0 Å². The van der Waals surface area contributed by atoms with Crippen LogP contribution in [0.5, 0.6) is 0 Å². The van der Waals surface area contributed by atoms with Crippen molar-refractivity contribution < 1.29 is 0 Å². The van der Waals surface area contributed by atoms with Crippen LogP contribution in [0.2, 0.25) is 0 Å². The summed E-state index contributed by atoms with van der Waals surface area (Å²) < 4.78 is 0. The number of halogens is 1. The summed E-state index contributed by atoms with van der Waals surface area (Å²) in [6, 6.07) is 8.44. The molecule has 0 heterocycles. The summed E-state index contributed by atoms with van der Waals surface area (Å²) >= 11 is 0. The van der Waals surface area contributed by atoms with Gasteiger partial charge in [0.15, 0.2) is 5.96 Å². The van der Waals surface area contributed by atoms with Gasteiger partial charge in [0.05, 0.1) is 6.54 Å². The van der Waals surface area contributed by atoms with Crippen LogP contribution in [0.4, 0.5) is 0 Å². The smallest absolute Gasteiger partial charge is 0.191 e. The van der Waals surface area contributed by atoms with Crippen LogP contribution >= 0.6 is 24.0 Å². The minimum absolute atomic E-state index is 0. The fourth-order valence-corrected chi connectivity index (χ4v) is 1.73. The van der Waals surface area contributed by atoms with Crippen LogP contribution in [0.15, 0.2) is 41.9 Å². The van der Waals surface area contributed by atoms with Gasteiger partial charge in [-0.05, 0) is 24.5 Å². The first-order chi connectivity index (χ1) is 8.81. The second-order valence-electron chi connectivity index (χ2n) is 3.99. The molecule has 0 aliphatic heterocycles. The van der Waals surface area contributed by atoms with E-state index in [4.69, 9.17) is 0 Å². The van der Waals surface area contributed by atoms with Crippen LogP contribution in [0.3, 0.4) is 0 Å². The van der Waals surface area contributed by atoms with E-state index in [1.165, 1.54) is 11.1 Å². The molecular weight excluding hydrogens is 349 g/mol. The summed E-state index contributed by atoms with van der Waals surface area (Å²) in [6.07, 6.45) is 2.87. The third kappa shape index (κ3) is 6.61. The molecule has 0 aliphatic carbocycles. The maximum absolute atomic E-state index is 4.58. The lowest BCUT2D eigenvalue weighted by Gasteiger charge is -2.10. The Bertz CT molecular complexity index is 402. The molecule has 0 unspecified atom stereocenters. The molecule has 1 aromatic rings. The molecule has 0 fully saturated rings. The van der Waals surface area contributed by atoms with E-state index in [1.807, 2.05) is 6.08 Å². The van der Waals surface area contributed by atoms with E-state index in [1.54, 1.807) is 0 Å². The van der Waals surface area contributed by atoms with E-state index in [0.717, 1.165) is 25.5 Å². The molecule has 1 rings (SSSR count). The summed E-state index contributed by atoms with van der Waals surface area (Å²) in [4.78, 5) is 4.58. The molecule has 0 radical (unpaired) electrons. The van der Waals surface area contributed by atoms with Gasteiger partial charge in [-0.2, -0.15) is 0 Å². The topological polar surface area (TPSA) is 36.4 Å². The fourth-order valence-electron chi connectivity index (χ4n) is 1.73. The summed E-state index contributed by atoms with van der Waals surface area (Å²) in [6.45, 7) is 10.2. The van der Waals surface area contributed by atoms with Crippen molar-refractivity contribution in [3.8, 4) is 0 Å². The van der Waals surface area contributed by atoms with Gasteiger partial charge in [0, 0.05) is 13.1 Å². The number of hydrogen-bond donors (Lipinski definition) is 2. The first kappa shape index (κ1) is 18.0. The Kier molecular flexibility index (Phi) is 10.2. The predicted octanol–water partition coefficient (Wildman–Crippen LogP) is 3.11.